The molecule has 1 aromatic heterocycles. The van der Waals surface area contributed by atoms with Crippen LogP contribution in [0.2, 0.25) is 0 Å². The third kappa shape index (κ3) is 3.19. The minimum Gasteiger partial charge on any atom is -0.464 e. The second-order valence-electron chi connectivity index (χ2n) is 6.95. The Labute approximate surface area is 129 Å². The number of hydrogen-bond donors (Lipinski definition) is 1. The molecule has 0 radical (unpaired) electrons. The van der Waals surface area contributed by atoms with Crippen LogP contribution in [-0.4, -0.2) is 31.6 Å². The van der Waals surface area contributed by atoms with Gasteiger partial charge in [-0.25, -0.2) is 0 Å². The fourth-order valence-corrected chi connectivity index (χ4v) is 4.00. The molecule has 2 fully saturated rings. The summed E-state index contributed by atoms with van der Waals surface area (Å²) >= 11 is 0. The first kappa shape index (κ1) is 15.1. The van der Waals surface area contributed by atoms with Gasteiger partial charge < -0.3 is 9.73 Å². The fourth-order valence-electron chi connectivity index (χ4n) is 4.00. The van der Waals surface area contributed by atoms with E-state index in [0.717, 1.165) is 19.0 Å². The van der Waals surface area contributed by atoms with E-state index in [1.807, 2.05) is 0 Å². The third-order valence-corrected chi connectivity index (χ3v) is 5.40. The molecule has 2 heterocycles. The van der Waals surface area contributed by atoms with Gasteiger partial charge in [-0.3, -0.25) is 4.90 Å². The van der Waals surface area contributed by atoms with E-state index in [9.17, 15) is 0 Å². The average Bonchev–Trinajstić information content (AvgIpc) is 3.08. The van der Waals surface area contributed by atoms with Crippen LogP contribution in [-0.2, 0) is 0 Å². The fraction of sp³-hybridized carbons (Fsp3) is 0.778. The maximum Gasteiger partial charge on any atom is 0.121 e. The van der Waals surface area contributed by atoms with Crippen LogP contribution in [0.25, 0.3) is 0 Å². The highest BCUT2D eigenvalue weighted by Crippen LogP contribution is 2.48. The van der Waals surface area contributed by atoms with Gasteiger partial charge in [0.05, 0.1) is 6.04 Å². The monoisotopic (exact) mass is 290 g/mol. The van der Waals surface area contributed by atoms with Crippen LogP contribution in [0.4, 0.5) is 0 Å². The van der Waals surface area contributed by atoms with Crippen LogP contribution in [0.5, 0.6) is 0 Å². The molecule has 0 spiro atoms. The first-order valence-corrected chi connectivity index (χ1v) is 8.72. The molecule has 1 saturated carbocycles. The normalized spacial score (nSPS) is 33.9. The third-order valence-electron chi connectivity index (χ3n) is 5.40. The Morgan fingerprint density at radius 1 is 1.29 bits per heavy atom. The minimum absolute atomic E-state index is 0.452. The highest BCUT2D eigenvalue weighted by atomic mass is 16.3. The molecule has 3 heteroatoms. The lowest BCUT2D eigenvalue weighted by Gasteiger charge is -2.33. The van der Waals surface area contributed by atoms with Crippen LogP contribution in [0.15, 0.2) is 16.5 Å². The molecule has 0 bridgehead atoms. The van der Waals surface area contributed by atoms with Gasteiger partial charge in [-0.05, 0) is 69.9 Å². The van der Waals surface area contributed by atoms with Gasteiger partial charge in [-0.1, -0.05) is 20.3 Å². The lowest BCUT2D eigenvalue weighted by Crippen LogP contribution is -2.36. The van der Waals surface area contributed by atoms with Crippen molar-refractivity contribution in [1.82, 2.24) is 10.2 Å². The Balaban J connectivity index is 1.83. The highest BCUT2D eigenvalue weighted by molar-refractivity contribution is 5.20. The van der Waals surface area contributed by atoms with Crippen molar-refractivity contribution in [2.45, 2.75) is 51.5 Å². The van der Waals surface area contributed by atoms with Crippen LogP contribution in [0.3, 0.4) is 0 Å². The SMILES string of the molecule is CCN1CCCCC(CNC)C1c1ccc(C2CC2C)o1. The zero-order valence-corrected chi connectivity index (χ0v) is 13.8. The molecule has 3 rings (SSSR count). The summed E-state index contributed by atoms with van der Waals surface area (Å²) in [6.45, 7) is 8.00. The van der Waals surface area contributed by atoms with Crippen molar-refractivity contribution in [2.75, 3.05) is 26.7 Å². The first-order chi connectivity index (χ1) is 10.2. The van der Waals surface area contributed by atoms with Gasteiger partial charge in [0.25, 0.3) is 0 Å². The van der Waals surface area contributed by atoms with E-state index in [1.165, 1.54) is 43.7 Å². The average molecular weight is 290 g/mol. The standard InChI is InChI=1S/C18H30N2O/c1-4-20-10-6-5-7-14(12-19-3)18(20)17-9-8-16(21-17)15-11-13(15)2/h8-9,13-15,18-19H,4-7,10-12H2,1-3H3. The van der Waals surface area contributed by atoms with E-state index in [0.29, 0.717) is 17.9 Å². The van der Waals surface area contributed by atoms with Crippen LogP contribution < -0.4 is 5.32 Å². The number of nitrogens with zero attached hydrogens (tertiary/aromatic N) is 1. The largest absolute Gasteiger partial charge is 0.464 e. The molecule has 1 aliphatic heterocycles. The second kappa shape index (κ2) is 6.53. The van der Waals surface area contributed by atoms with Gasteiger partial charge in [-0.2, -0.15) is 0 Å². The predicted octanol–water partition coefficient (Wildman–Crippen LogP) is 3.79. The number of likely N-dealkylation sites (tertiary alicyclic amines) is 1. The predicted molar refractivity (Wildman–Crippen MR) is 86.5 cm³/mol. The summed E-state index contributed by atoms with van der Waals surface area (Å²) < 4.78 is 6.31. The molecule has 0 amide bonds. The summed E-state index contributed by atoms with van der Waals surface area (Å²) in [4.78, 5) is 2.62. The number of rotatable bonds is 5. The summed E-state index contributed by atoms with van der Waals surface area (Å²) in [5.41, 5.74) is 0. The van der Waals surface area contributed by atoms with Crippen molar-refractivity contribution >= 4 is 0 Å². The maximum absolute atomic E-state index is 6.31. The van der Waals surface area contributed by atoms with E-state index in [4.69, 9.17) is 4.42 Å². The summed E-state index contributed by atoms with van der Waals surface area (Å²) in [6, 6.07) is 4.94. The molecule has 4 atom stereocenters. The maximum atomic E-state index is 6.31. The zero-order chi connectivity index (χ0) is 14.8. The van der Waals surface area contributed by atoms with E-state index in [1.54, 1.807) is 0 Å². The van der Waals surface area contributed by atoms with E-state index in [-0.39, 0.29) is 0 Å². The molecule has 1 aliphatic carbocycles. The summed E-state index contributed by atoms with van der Waals surface area (Å²) in [5, 5.41) is 3.39. The van der Waals surface area contributed by atoms with E-state index >= 15 is 0 Å². The van der Waals surface area contributed by atoms with Crippen molar-refractivity contribution in [3.63, 3.8) is 0 Å². The molecular weight excluding hydrogens is 260 g/mol. The minimum atomic E-state index is 0.452. The van der Waals surface area contributed by atoms with Crippen molar-refractivity contribution in [3.05, 3.63) is 23.7 Å². The van der Waals surface area contributed by atoms with Crippen molar-refractivity contribution < 1.29 is 4.42 Å². The molecule has 1 aromatic rings. The Bertz CT molecular complexity index is 456. The Morgan fingerprint density at radius 3 is 2.71 bits per heavy atom. The molecule has 1 saturated heterocycles. The van der Waals surface area contributed by atoms with Crippen LogP contribution >= 0.6 is 0 Å². The number of furan rings is 1. The molecule has 1 N–H and O–H groups in total. The highest BCUT2D eigenvalue weighted by Gasteiger charge is 2.38. The quantitative estimate of drug-likeness (QED) is 0.894. The first-order valence-electron chi connectivity index (χ1n) is 8.72. The molecule has 3 nitrogen and oxygen atoms in total. The molecular formula is C18H30N2O. The van der Waals surface area contributed by atoms with E-state index in [2.05, 4.69) is 43.2 Å². The Morgan fingerprint density at radius 2 is 2.05 bits per heavy atom. The van der Waals surface area contributed by atoms with Crippen molar-refractivity contribution in [2.24, 2.45) is 11.8 Å². The van der Waals surface area contributed by atoms with E-state index < -0.39 is 0 Å². The molecule has 0 aromatic carbocycles. The zero-order valence-electron chi connectivity index (χ0n) is 13.8. The number of nitrogens with one attached hydrogen (secondary N) is 1. The van der Waals surface area contributed by atoms with Crippen molar-refractivity contribution in [3.8, 4) is 0 Å². The Hall–Kier alpha value is -0.800. The van der Waals surface area contributed by atoms with Gasteiger partial charge in [0.15, 0.2) is 0 Å². The molecule has 21 heavy (non-hydrogen) atoms. The summed E-state index contributed by atoms with van der Waals surface area (Å²) in [5.74, 6) is 4.58. The molecule has 4 unspecified atom stereocenters. The van der Waals surface area contributed by atoms with Crippen molar-refractivity contribution in [1.29, 1.82) is 0 Å². The second-order valence-corrected chi connectivity index (χ2v) is 6.95. The number of hydrogen-bond acceptors (Lipinski definition) is 3. The van der Waals surface area contributed by atoms with Crippen LogP contribution in [0.1, 0.15) is 63.0 Å². The lowest BCUT2D eigenvalue weighted by molar-refractivity contribution is 0.138. The molecule has 2 aliphatic rings. The van der Waals surface area contributed by atoms with Gasteiger partial charge in [0, 0.05) is 5.92 Å². The van der Waals surface area contributed by atoms with Gasteiger partial charge in [0.2, 0.25) is 0 Å². The van der Waals surface area contributed by atoms with Gasteiger partial charge in [0.1, 0.15) is 11.5 Å². The summed E-state index contributed by atoms with van der Waals surface area (Å²) in [6.07, 6.45) is 5.26. The Kier molecular flexibility index (Phi) is 4.70. The topological polar surface area (TPSA) is 28.4 Å². The van der Waals surface area contributed by atoms with Gasteiger partial charge in [-0.15, -0.1) is 0 Å². The van der Waals surface area contributed by atoms with Crippen LogP contribution in [0, 0.1) is 11.8 Å². The smallest absolute Gasteiger partial charge is 0.121 e. The lowest BCUT2D eigenvalue weighted by atomic mass is 9.92. The van der Waals surface area contributed by atoms with Gasteiger partial charge >= 0.3 is 0 Å². The molecule has 118 valence electrons. The summed E-state index contributed by atoms with van der Waals surface area (Å²) in [7, 11) is 2.07.